The maximum Gasteiger partial charge on any atom is 0.237 e. The van der Waals surface area contributed by atoms with E-state index in [1.807, 2.05) is 18.2 Å². The summed E-state index contributed by atoms with van der Waals surface area (Å²) in [5.74, 6) is -0.0434. The molecular formula is C17H21N3O2S. The summed E-state index contributed by atoms with van der Waals surface area (Å²) in [6.45, 7) is 3.13. The van der Waals surface area contributed by atoms with Gasteiger partial charge < -0.3 is 15.7 Å². The van der Waals surface area contributed by atoms with Crippen molar-refractivity contribution in [3.05, 3.63) is 40.2 Å². The summed E-state index contributed by atoms with van der Waals surface area (Å²) < 4.78 is 0. The van der Waals surface area contributed by atoms with Gasteiger partial charge in [-0.05, 0) is 13.3 Å². The number of nitrogens with zero attached hydrogens (tertiary/aromatic N) is 1. The van der Waals surface area contributed by atoms with Gasteiger partial charge in [-0.15, -0.1) is 11.3 Å². The van der Waals surface area contributed by atoms with Crippen LogP contribution in [0.2, 0.25) is 0 Å². The van der Waals surface area contributed by atoms with Crippen LogP contribution >= 0.6 is 11.3 Å². The molecular weight excluding hydrogens is 310 g/mol. The number of carbonyl (C=O) groups excluding carboxylic acids is 1. The molecule has 1 aliphatic heterocycles. The number of rotatable bonds is 5. The smallest absolute Gasteiger partial charge is 0.237 e. The minimum Gasteiger partial charge on any atom is -0.392 e. The quantitative estimate of drug-likeness (QED) is 0.776. The zero-order valence-corrected chi connectivity index (χ0v) is 13.9. The third kappa shape index (κ3) is 3.96. The number of thiazole rings is 1. The first-order chi connectivity index (χ1) is 11.1. The standard InChI is InChI=1S/C17H21N3O2S/c1-11-16(12-5-3-2-4-6-12)20-15(23-11)7-8-18-17(22)14-9-13(21)10-19-14/h2-6,13-14,19,21H,7-10H2,1H3,(H,18,22). The van der Waals surface area contributed by atoms with Crippen molar-refractivity contribution < 1.29 is 9.90 Å². The summed E-state index contributed by atoms with van der Waals surface area (Å²) in [6.07, 6.45) is 0.792. The van der Waals surface area contributed by atoms with Crippen LogP contribution in [-0.2, 0) is 11.2 Å². The van der Waals surface area contributed by atoms with E-state index in [1.54, 1.807) is 11.3 Å². The lowest BCUT2D eigenvalue weighted by Crippen LogP contribution is -2.41. The van der Waals surface area contributed by atoms with E-state index < -0.39 is 6.10 Å². The molecule has 6 heteroatoms. The number of aryl methyl sites for hydroxylation is 1. The van der Waals surface area contributed by atoms with Gasteiger partial charge in [0.05, 0.1) is 22.8 Å². The molecule has 122 valence electrons. The van der Waals surface area contributed by atoms with E-state index in [-0.39, 0.29) is 11.9 Å². The van der Waals surface area contributed by atoms with Crippen molar-refractivity contribution in [3.8, 4) is 11.3 Å². The Kier molecular flexibility index (Phi) is 5.05. The van der Waals surface area contributed by atoms with Crippen LogP contribution in [0.5, 0.6) is 0 Å². The first-order valence-electron chi connectivity index (χ1n) is 7.84. The SMILES string of the molecule is Cc1sc(CCNC(=O)C2CC(O)CN2)nc1-c1ccccc1. The highest BCUT2D eigenvalue weighted by molar-refractivity contribution is 7.12. The minimum absolute atomic E-state index is 0.0434. The first-order valence-corrected chi connectivity index (χ1v) is 8.66. The fraction of sp³-hybridized carbons (Fsp3) is 0.412. The van der Waals surface area contributed by atoms with Gasteiger partial charge in [0.15, 0.2) is 0 Å². The summed E-state index contributed by atoms with van der Waals surface area (Å²) >= 11 is 1.68. The van der Waals surface area contributed by atoms with Gasteiger partial charge in [-0.25, -0.2) is 4.98 Å². The molecule has 2 unspecified atom stereocenters. The topological polar surface area (TPSA) is 74.2 Å². The van der Waals surface area contributed by atoms with Crippen LogP contribution in [0.4, 0.5) is 0 Å². The van der Waals surface area contributed by atoms with Crippen LogP contribution < -0.4 is 10.6 Å². The Hall–Kier alpha value is -1.76. The largest absolute Gasteiger partial charge is 0.392 e. The Morgan fingerprint density at radius 1 is 1.43 bits per heavy atom. The molecule has 23 heavy (non-hydrogen) atoms. The van der Waals surface area contributed by atoms with E-state index in [9.17, 15) is 9.90 Å². The predicted octanol–water partition coefficient (Wildman–Crippen LogP) is 1.50. The highest BCUT2D eigenvalue weighted by atomic mass is 32.1. The average molecular weight is 331 g/mol. The monoisotopic (exact) mass is 331 g/mol. The molecule has 1 saturated heterocycles. The lowest BCUT2D eigenvalue weighted by atomic mass is 10.1. The van der Waals surface area contributed by atoms with E-state index in [1.165, 1.54) is 4.88 Å². The Morgan fingerprint density at radius 3 is 2.91 bits per heavy atom. The number of nitrogens with one attached hydrogen (secondary N) is 2. The molecule has 3 N–H and O–H groups in total. The summed E-state index contributed by atoms with van der Waals surface area (Å²) in [4.78, 5) is 17.9. The molecule has 0 spiro atoms. The fourth-order valence-electron chi connectivity index (χ4n) is 2.75. The van der Waals surface area contributed by atoms with Gasteiger partial charge in [-0.2, -0.15) is 0 Å². The zero-order valence-electron chi connectivity index (χ0n) is 13.1. The van der Waals surface area contributed by atoms with Crippen molar-refractivity contribution in [3.63, 3.8) is 0 Å². The molecule has 0 radical (unpaired) electrons. The number of aliphatic hydroxyl groups is 1. The van der Waals surface area contributed by atoms with E-state index in [0.29, 0.717) is 19.5 Å². The fourth-order valence-corrected chi connectivity index (χ4v) is 3.71. The Balaban J connectivity index is 1.54. The maximum absolute atomic E-state index is 12.0. The van der Waals surface area contributed by atoms with Crippen LogP contribution in [0.15, 0.2) is 30.3 Å². The van der Waals surface area contributed by atoms with E-state index in [4.69, 9.17) is 4.98 Å². The van der Waals surface area contributed by atoms with Gasteiger partial charge in [0.2, 0.25) is 5.91 Å². The van der Waals surface area contributed by atoms with Crippen molar-refractivity contribution in [1.82, 2.24) is 15.6 Å². The van der Waals surface area contributed by atoms with Crippen LogP contribution in [0.25, 0.3) is 11.3 Å². The molecule has 1 aromatic heterocycles. The Morgan fingerprint density at radius 2 is 2.22 bits per heavy atom. The summed E-state index contributed by atoms with van der Waals surface area (Å²) in [5.41, 5.74) is 2.15. The third-order valence-corrected chi connectivity index (χ3v) is 4.98. The molecule has 1 fully saturated rings. The van der Waals surface area contributed by atoms with Crippen molar-refractivity contribution in [1.29, 1.82) is 0 Å². The van der Waals surface area contributed by atoms with Crippen molar-refractivity contribution >= 4 is 17.2 Å². The molecule has 0 bridgehead atoms. The number of β-amino-alcohol motifs (C(OH)–C–C–N with tert-alkyl or cyclic N) is 1. The average Bonchev–Trinajstić information content (AvgIpc) is 3.14. The van der Waals surface area contributed by atoms with Crippen molar-refractivity contribution in [2.24, 2.45) is 0 Å². The normalized spacial score (nSPS) is 20.6. The number of aliphatic hydroxyl groups excluding tert-OH is 1. The second-order valence-corrected chi connectivity index (χ2v) is 7.06. The second-order valence-electron chi connectivity index (χ2n) is 5.77. The van der Waals surface area contributed by atoms with Crippen LogP contribution in [-0.4, -0.2) is 41.2 Å². The maximum atomic E-state index is 12.0. The summed E-state index contributed by atoms with van der Waals surface area (Å²) in [6, 6.07) is 9.86. The van der Waals surface area contributed by atoms with E-state index in [0.717, 1.165) is 22.7 Å². The summed E-state index contributed by atoms with van der Waals surface area (Å²) in [5, 5.41) is 16.4. The number of aromatic nitrogens is 1. The Labute approximate surface area is 139 Å². The zero-order chi connectivity index (χ0) is 16.2. The van der Waals surface area contributed by atoms with Gasteiger partial charge in [-0.1, -0.05) is 30.3 Å². The molecule has 5 nitrogen and oxygen atoms in total. The van der Waals surface area contributed by atoms with Crippen LogP contribution in [0.3, 0.4) is 0 Å². The molecule has 2 heterocycles. The number of carbonyl (C=O) groups is 1. The van der Waals surface area contributed by atoms with E-state index in [2.05, 4.69) is 29.7 Å². The van der Waals surface area contributed by atoms with Gasteiger partial charge in [0.25, 0.3) is 0 Å². The highest BCUT2D eigenvalue weighted by Gasteiger charge is 2.27. The first kappa shape index (κ1) is 16.1. The van der Waals surface area contributed by atoms with Crippen LogP contribution in [0, 0.1) is 6.92 Å². The van der Waals surface area contributed by atoms with Crippen molar-refractivity contribution in [2.45, 2.75) is 31.9 Å². The predicted molar refractivity (Wildman–Crippen MR) is 91.4 cm³/mol. The van der Waals surface area contributed by atoms with Crippen molar-refractivity contribution in [2.75, 3.05) is 13.1 Å². The van der Waals surface area contributed by atoms with Gasteiger partial charge >= 0.3 is 0 Å². The molecule has 1 aliphatic rings. The lowest BCUT2D eigenvalue weighted by molar-refractivity contribution is -0.122. The van der Waals surface area contributed by atoms with Gasteiger partial charge in [0, 0.05) is 30.0 Å². The molecule has 2 atom stereocenters. The minimum atomic E-state index is -0.416. The Bertz CT molecular complexity index is 672. The third-order valence-electron chi connectivity index (χ3n) is 3.95. The number of hydrogen-bond acceptors (Lipinski definition) is 5. The molecule has 2 aromatic rings. The molecule has 0 saturated carbocycles. The number of amides is 1. The molecule has 0 aliphatic carbocycles. The van der Waals surface area contributed by atoms with Gasteiger partial charge in [-0.3, -0.25) is 4.79 Å². The second kappa shape index (κ2) is 7.21. The van der Waals surface area contributed by atoms with Crippen LogP contribution in [0.1, 0.15) is 16.3 Å². The highest BCUT2D eigenvalue weighted by Crippen LogP contribution is 2.27. The number of benzene rings is 1. The lowest BCUT2D eigenvalue weighted by Gasteiger charge is -2.10. The molecule has 3 rings (SSSR count). The summed E-state index contributed by atoms with van der Waals surface area (Å²) in [7, 11) is 0. The molecule has 1 aromatic carbocycles. The van der Waals surface area contributed by atoms with Gasteiger partial charge in [0.1, 0.15) is 0 Å². The molecule has 1 amide bonds. The number of hydrogen-bond donors (Lipinski definition) is 3. The van der Waals surface area contributed by atoms with E-state index >= 15 is 0 Å².